The molecule has 0 rings (SSSR count). The standard InChI is InChI=1S/C23H44N4O5S/c1-8-15(6)19(24)22(30)26-17(11-13(2)3)21(29)25-16(9-10-33-7)20(28)27-18(23(31)32)12-14(4)5/h13-19H,8-12,24H2,1-7H3,(H,25,29)(H,26,30)(H,27,28)(H,31,32). The third-order valence-electron chi connectivity index (χ3n) is 5.47. The predicted molar refractivity (Wildman–Crippen MR) is 133 cm³/mol. The molecule has 0 aromatic heterocycles. The quantitative estimate of drug-likeness (QED) is 0.222. The van der Waals surface area contributed by atoms with E-state index in [1.54, 1.807) is 0 Å². The summed E-state index contributed by atoms with van der Waals surface area (Å²) in [5.74, 6) is -1.80. The van der Waals surface area contributed by atoms with Crippen molar-refractivity contribution < 1.29 is 24.3 Å². The van der Waals surface area contributed by atoms with Gasteiger partial charge in [-0.25, -0.2) is 4.79 Å². The summed E-state index contributed by atoms with van der Waals surface area (Å²) >= 11 is 1.52. The van der Waals surface area contributed by atoms with Gasteiger partial charge in [-0.3, -0.25) is 14.4 Å². The zero-order valence-electron chi connectivity index (χ0n) is 21.1. The van der Waals surface area contributed by atoms with Crippen molar-refractivity contribution in [3.05, 3.63) is 0 Å². The highest BCUT2D eigenvalue weighted by Gasteiger charge is 2.31. The Bertz CT molecular complexity index is 644. The van der Waals surface area contributed by atoms with Crippen LogP contribution >= 0.6 is 11.8 Å². The molecule has 0 saturated carbocycles. The van der Waals surface area contributed by atoms with Crippen molar-refractivity contribution in [2.45, 2.75) is 91.4 Å². The second-order valence-corrected chi connectivity index (χ2v) is 10.5. The van der Waals surface area contributed by atoms with Gasteiger partial charge in [-0.2, -0.15) is 11.8 Å². The van der Waals surface area contributed by atoms with Crippen LogP contribution in [0.3, 0.4) is 0 Å². The monoisotopic (exact) mass is 488 g/mol. The Kier molecular flexibility index (Phi) is 15.1. The van der Waals surface area contributed by atoms with Crippen LogP contribution in [-0.4, -0.2) is 65.0 Å². The zero-order valence-corrected chi connectivity index (χ0v) is 22.0. The molecule has 33 heavy (non-hydrogen) atoms. The molecule has 0 aromatic carbocycles. The molecular formula is C23H44N4O5S. The largest absolute Gasteiger partial charge is 0.480 e. The fourth-order valence-corrected chi connectivity index (χ4v) is 3.70. The third kappa shape index (κ3) is 12.3. The smallest absolute Gasteiger partial charge is 0.326 e. The van der Waals surface area contributed by atoms with E-state index >= 15 is 0 Å². The number of aliphatic carboxylic acids is 1. The topological polar surface area (TPSA) is 151 Å². The van der Waals surface area contributed by atoms with Crippen molar-refractivity contribution in [1.82, 2.24) is 16.0 Å². The molecule has 5 atom stereocenters. The minimum atomic E-state index is -1.11. The van der Waals surface area contributed by atoms with Gasteiger partial charge in [0.1, 0.15) is 18.1 Å². The van der Waals surface area contributed by atoms with Gasteiger partial charge in [0.25, 0.3) is 0 Å². The molecule has 0 aliphatic rings. The summed E-state index contributed by atoms with van der Waals surface area (Å²) in [5, 5.41) is 17.5. The maximum atomic E-state index is 13.1. The lowest BCUT2D eigenvalue weighted by atomic mass is 9.97. The third-order valence-corrected chi connectivity index (χ3v) is 6.11. The maximum absolute atomic E-state index is 13.1. The molecule has 6 N–H and O–H groups in total. The summed E-state index contributed by atoms with van der Waals surface area (Å²) in [6, 6.07) is -3.52. The van der Waals surface area contributed by atoms with Crippen molar-refractivity contribution in [3.8, 4) is 0 Å². The predicted octanol–water partition coefficient (Wildman–Crippen LogP) is 1.74. The number of nitrogens with one attached hydrogen (secondary N) is 3. The molecule has 3 amide bonds. The van der Waals surface area contributed by atoms with Crippen LogP contribution in [0.2, 0.25) is 0 Å². The average molecular weight is 489 g/mol. The first kappa shape index (κ1) is 31.2. The molecular weight excluding hydrogens is 444 g/mol. The number of carbonyl (C=O) groups is 4. The molecule has 0 fully saturated rings. The number of hydrogen-bond donors (Lipinski definition) is 5. The van der Waals surface area contributed by atoms with Crippen molar-refractivity contribution >= 4 is 35.5 Å². The molecule has 0 heterocycles. The van der Waals surface area contributed by atoms with Gasteiger partial charge in [0.15, 0.2) is 0 Å². The number of carboxylic acid groups (broad SMARTS) is 1. The number of hydrogen-bond acceptors (Lipinski definition) is 6. The second-order valence-electron chi connectivity index (χ2n) is 9.47. The van der Waals surface area contributed by atoms with Crippen LogP contribution in [-0.2, 0) is 19.2 Å². The normalized spacial score (nSPS) is 15.9. The highest BCUT2D eigenvalue weighted by Crippen LogP contribution is 2.11. The fraction of sp³-hybridized carbons (Fsp3) is 0.826. The summed E-state index contributed by atoms with van der Waals surface area (Å²) in [6.45, 7) is 11.4. The van der Waals surface area contributed by atoms with Crippen LogP contribution in [0.25, 0.3) is 0 Å². The molecule has 0 aliphatic carbocycles. The number of carbonyl (C=O) groups excluding carboxylic acids is 3. The molecule has 0 aromatic rings. The average Bonchev–Trinajstić information content (AvgIpc) is 2.73. The lowest BCUT2D eigenvalue weighted by Gasteiger charge is -2.27. The van der Waals surface area contributed by atoms with Gasteiger partial charge in [-0.05, 0) is 49.0 Å². The van der Waals surface area contributed by atoms with Gasteiger partial charge in [-0.1, -0.05) is 48.0 Å². The minimum Gasteiger partial charge on any atom is -0.480 e. The van der Waals surface area contributed by atoms with Gasteiger partial charge in [0, 0.05) is 0 Å². The van der Waals surface area contributed by atoms with Crippen LogP contribution in [0.4, 0.5) is 0 Å². The van der Waals surface area contributed by atoms with Crippen LogP contribution in [0.1, 0.15) is 67.2 Å². The van der Waals surface area contributed by atoms with Gasteiger partial charge >= 0.3 is 5.97 Å². The molecule has 5 unspecified atom stereocenters. The van der Waals surface area contributed by atoms with E-state index < -0.39 is 47.9 Å². The van der Waals surface area contributed by atoms with Crippen LogP contribution in [0.15, 0.2) is 0 Å². The molecule has 0 saturated heterocycles. The van der Waals surface area contributed by atoms with Crippen LogP contribution < -0.4 is 21.7 Å². The van der Waals surface area contributed by atoms with E-state index in [1.807, 2.05) is 47.8 Å². The van der Waals surface area contributed by atoms with E-state index in [4.69, 9.17) is 5.73 Å². The lowest BCUT2D eigenvalue weighted by molar-refractivity contribution is -0.142. The molecule has 10 heteroatoms. The van der Waals surface area contributed by atoms with Crippen molar-refractivity contribution in [2.24, 2.45) is 23.5 Å². The summed E-state index contributed by atoms with van der Waals surface area (Å²) in [6.07, 6.45) is 3.61. The molecule has 0 radical (unpaired) electrons. The van der Waals surface area contributed by atoms with E-state index in [0.29, 0.717) is 18.6 Å². The first-order valence-electron chi connectivity index (χ1n) is 11.7. The maximum Gasteiger partial charge on any atom is 0.326 e. The first-order valence-corrected chi connectivity index (χ1v) is 13.1. The number of rotatable bonds is 16. The Morgan fingerprint density at radius 1 is 0.818 bits per heavy atom. The molecule has 0 bridgehead atoms. The van der Waals surface area contributed by atoms with Crippen molar-refractivity contribution in [1.29, 1.82) is 0 Å². The van der Waals surface area contributed by atoms with E-state index in [1.165, 1.54) is 11.8 Å². The summed E-state index contributed by atoms with van der Waals surface area (Å²) in [4.78, 5) is 50.1. The van der Waals surface area contributed by atoms with Gasteiger partial charge in [0.2, 0.25) is 17.7 Å². The highest BCUT2D eigenvalue weighted by atomic mass is 32.2. The SMILES string of the molecule is CCC(C)C(N)C(=O)NC(CC(C)C)C(=O)NC(CCSC)C(=O)NC(CC(C)C)C(=O)O. The molecule has 0 aliphatic heterocycles. The highest BCUT2D eigenvalue weighted by molar-refractivity contribution is 7.98. The number of nitrogens with two attached hydrogens (primary N) is 1. The van der Waals surface area contributed by atoms with E-state index in [2.05, 4.69) is 16.0 Å². The van der Waals surface area contributed by atoms with Crippen molar-refractivity contribution in [3.63, 3.8) is 0 Å². The minimum absolute atomic E-state index is 0.0400. The lowest BCUT2D eigenvalue weighted by Crippen LogP contribution is -2.58. The molecule has 0 spiro atoms. The second kappa shape index (κ2) is 15.9. The van der Waals surface area contributed by atoms with Crippen LogP contribution in [0, 0.1) is 17.8 Å². The number of thioether (sulfide) groups is 1. The van der Waals surface area contributed by atoms with Crippen LogP contribution in [0.5, 0.6) is 0 Å². The van der Waals surface area contributed by atoms with Gasteiger partial charge < -0.3 is 26.8 Å². The Morgan fingerprint density at radius 2 is 1.27 bits per heavy atom. The number of amides is 3. The first-order chi connectivity index (χ1) is 15.3. The summed E-state index contributed by atoms with van der Waals surface area (Å²) in [7, 11) is 0. The van der Waals surface area contributed by atoms with E-state index in [-0.39, 0.29) is 24.2 Å². The fourth-order valence-electron chi connectivity index (χ4n) is 3.23. The molecule has 9 nitrogen and oxygen atoms in total. The summed E-state index contributed by atoms with van der Waals surface area (Å²) < 4.78 is 0. The summed E-state index contributed by atoms with van der Waals surface area (Å²) in [5.41, 5.74) is 6.02. The zero-order chi connectivity index (χ0) is 25.7. The van der Waals surface area contributed by atoms with Gasteiger partial charge in [-0.15, -0.1) is 0 Å². The Balaban J connectivity index is 5.49. The molecule has 192 valence electrons. The van der Waals surface area contributed by atoms with E-state index in [0.717, 1.165) is 6.42 Å². The number of carboxylic acids is 1. The van der Waals surface area contributed by atoms with Crippen molar-refractivity contribution in [2.75, 3.05) is 12.0 Å². The Labute approximate surface area is 202 Å². The van der Waals surface area contributed by atoms with Gasteiger partial charge in [0.05, 0.1) is 6.04 Å². The Morgan fingerprint density at radius 3 is 1.73 bits per heavy atom. The Hall–Kier alpha value is -1.81. The van der Waals surface area contributed by atoms with E-state index in [9.17, 15) is 24.3 Å².